The lowest BCUT2D eigenvalue weighted by atomic mass is 10.2. The molecule has 0 amide bonds. The zero-order chi connectivity index (χ0) is 15.3. The van der Waals surface area contributed by atoms with E-state index in [1.165, 1.54) is 29.5 Å². The summed E-state index contributed by atoms with van der Waals surface area (Å²) < 4.78 is 38.5. The highest BCUT2D eigenvalue weighted by molar-refractivity contribution is 7.89. The molecule has 0 fully saturated rings. The van der Waals surface area contributed by atoms with Crippen LogP contribution in [0.2, 0.25) is 0 Å². The molecule has 0 saturated heterocycles. The maximum absolute atomic E-state index is 13.2. The third-order valence-corrected chi connectivity index (χ3v) is 4.92. The number of halogens is 1. The van der Waals surface area contributed by atoms with Crippen LogP contribution in [0.1, 0.15) is 5.69 Å². The quantitative estimate of drug-likeness (QED) is 0.796. The average Bonchev–Trinajstić information content (AvgIpc) is 2.87. The number of aromatic nitrogens is 1. The largest absolute Gasteiger partial charge is 0.241 e. The second kappa shape index (κ2) is 6.93. The molecule has 1 aromatic carbocycles. The Kier molecular flexibility index (Phi) is 5.22. The molecule has 21 heavy (non-hydrogen) atoms. The Balaban J connectivity index is 1.96. The van der Waals surface area contributed by atoms with Crippen molar-refractivity contribution in [1.29, 1.82) is 0 Å². The van der Waals surface area contributed by atoms with Gasteiger partial charge in [0.05, 0.1) is 11.4 Å². The average molecular weight is 326 g/mol. The minimum atomic E-state index is -3.29. The molecule has 2 rings (SSSR count). The molecule has 0 spiro atoms. The number of nitrogens with zero attached hydrogens (tertiary/aromatic N) is 1. The second-order valence-corrected chi connectivity index (χ2v) is 7.08. The Hall–Kier alpha value is -1.57. The fourth-order valence-corrected chi connectivity index (χ4v) is 3.42. The molecule has 1 heterocycles. The predicted octanol–water partition coefficient (Wildman–Crippen LogP) is 2.60. The minimum absolute atomic E-state index is 0.0986. The number of sulfonamides is 1. The standard InChI is InChI=1S/C14H15FN2O2S2/c1-2-8-21(18,19)16-7-6-13-10-20-14(17-13)11-4-3-5-12(15)9-11/h2-5,9-10,16H,1,6-8H2. The molecule has 7 heteroatoms. The van der Waals surface area contributed by atoms with Crippen LogP contribution in [0.15, 0.2) is 42.3 Å². The van der Waals surface area contributed by atoms with Gasteiger partial charge in [0.2, 0.25) is 10.0 Å². The number of nitrogens with one attached hydrogen (secondary N) is 1. The van der Waals surface area contributed by atoms with Crippen molar-refractivity contribution in [1.82, 2.24) is 9.71 Å². The lowest BCUT2D eigenvalue weighted by Crippen LogP contribution is -2.27. The van der Waals surface area contributed by atoms with Crippen molar-refractivity contribution in [2.75, 3.05) is 12.3 Å². The molecule has 0 aliphatic rings. The van der Waals surface area contributed by atoms with Crippen LogP contribution in [-0.2, 0) is 16.4 Å². The minimum Gasteiger partial charge on any atom is -0.241 e. The van der Waals surface area contributed by atoms with Gasteiger partial charge in [0.25, 0.3) is 0 Å². The molecule has 0 aliphatic carbocycles. The normalized spacial score (nSPS) is 11.5. The summed E-state index contributed by atoms with van der Waals surface area (Å²) in [6, 6.07) is 6.23. The zero-order valence-corrected chi connectivity index (χ0v) is 12.9. The van der Waals surface area contributed by atoms with Crippen molar-refractivity contribution >= 4 is 21.4 Å². The first-order valence-electron chi connectivity index (χ1n) is 6.29. The van der Waals surface area contributed by atoms with Crippen molar-refractivity contribution in [3.05, 3.63) is 53.8 Å². The van der Waals surface area contributed by atoms with Crippen molar-refractivity contribution in [3.63, 3.8) is 0 Å². The van der Waals surface area contributed by atoms with Crippen LogP contribution in [0.5, 0.6) is 0 Å². The first-order chi connectivity index (χ1) is 10.00. The van der Waals surface area contributed by atoms with E-state index in [9.17, 15) is 12.8 Å². The molecule has 4 nitrogen and oxygen atoms in total. The van der Waals surface area contributed by atoms with Gasteiger partial charge < -0.3 is 0 Å². The Labute approximate surface area is 127 Å². The van der Waals surface area contributed by atoms with Crippen LogP contribution >= 0.6 is 11.3 Å². The van der Waals surface area contributed by atoms with E-state index in [1.807, 2.05) is 5.38 Å². The van der Waals surface area contributed by atoms with E-state index in [0.29, 0.717) is 6.42 Å². The molecule has 1 N–H and O–H groups in total. The number of rotatable bonds is 7. The Morgan fingerprint density at radius 2 is 2.24 bits per heavy atom. The lowest BCUT2D eigenvalue weighted by molar-refractivity contribution is 0.584. The fraction of sp³-hybridized carbons (Fsp3) is 0.214. The van der Waals surface area contributed by atoms with E-state index >= 15 is 0 Å². The van der Waals surface area contributed by atoms with Gasteiger partial charge in [0.1, 0.15) is 10.8 Å². The summed E-state index contributed by atoms with van der Waals surface area (Å²) in [5.74, 6) is -0.403. The van der Waals surface area contributed by atoms with E-state index in [4.69, 9.17) is 0 Å². The number of hydrogen-bond acceptors (Lipinski definition) is 4. The van der Waals surface area contributed by atoms with Crippen LogP contribution in [0.3, 0.4) is 0 Å². The summed E-state index contributed by atoms with van der Waals surface area (Å²) in [4.78, 5) is 4.38. The monoisotopic (exact) mass is 326 g/mol. The summed E-state index contributed by atoms with van der Waals surface area (Å²) in [6.07, 6.45) is 1.83. The third kappa shape index (κ3) is 4.73. The first-order valence-corrected chi connectivity index (χ1v) is 8.82. The van der Waals surface area contributed by atoms with Crippen molar-refractivity contribution < 1.29 is 12.8 Å². The molecule has 0 aliphatic heterocycles. The summed E-state index contributed by atoms with van der Waals surface area (Å²) in [7, 11) is -3.29. The number of benzene rings is 1. The maximum Gasteiger partial charge on any atom is 0.215 e. The summed E-state index contributed by atoms with van der Waals surface area (Å²) in [5.41, 5.74) is 1.50. The van der Waals surface area contributed by atoms with Gasteiger partial charge in [-0.05, 0) is 12.1 Å². The predicted molar refractivity (Wildman–Crippen MR) is 83.2 cm³/mol. The summed E-state index contributed by atoms with van der Waals surface area (Å²) in [6.45, 7) is 3.68. The topological polar surface area (TPSA) is 59.1 Å². The highest BCUT2D eigenvalue weighted by Crippen LogP contribution is 2.24. The van der Waals surface area contributed by atoms with Crippen LogP contribution < -0.4 is 4.72 Å². The van der Waals surface area contributed by atoms with Crippen LogP contribution in [0, 0.1) is 5.82 Å². The SMILES string of the molecule is C=CCS(=O)(=O)NCCc1csc(-c2cccc(F)c2)n1. The molecule has 112 valence electrons. The lowest BCUT2D eigenvalue weighted by Gasteiger charge is -2.02. The molecular formula is C14H15FN2O2S2. The highest BCUT2D eigenvalue weighted by atomic mass is 32.2. The van der Waals surface area contributed by atoms with Gasteiger partial charge in [-0.1, -0.05) is 18.2 Å². The van der Waals surface area contributed by atoms with E-state index in [0.717, 1.165) is 16.3 Å². The maximum atomic E-state index is 13.2. The zero-order valence-electron chi connectivity index (χ0n) is 11.3. The first kappa shape index (κ1) is 15.8. The van der Waals surface area contributed by atoms with Crippen molar-refractivity contribution in [3.8, 4) is 10.6 Å². The molecule has 0 saturated carbocycles. The van der Waals surface area contributed by atoms with E-state index in [-0.39, 0.29) is 18.1 Å². The van der Waals surface area contributed by atoms with Crippen molar-refractivity contribution in [2.45, 2.75) is 6.42 Å². The Morgan fingerprint density at radius 1 is 1.43 bits per heavy atom. The molecule has 2 aromatic rings. The summed E-state index contributed by atoms with van der Waals surface area (Å²) >= 11 is 1.41. The number of thiazole rings is 1. The summed E-state index contributed by atoms with van der Waals surface area (Å²) in [5, 5.41) is 2.57. The molecule has 1 aromatic heterocycles. The van der Waals surface area contributed by atoms with Crippen LogP contribution in [0.25, 0.3) is 10.6 Å². The molecule has 0 atom stereocenters. The van der Waals surface area contributed by atoms with Gasteiger partial charge in [-0.3, -0.25) is 0 Å². The van der Waals surface area contributed by atoms with Gasteiger partial charge in [0.15, 0.2) is 0 Å². The molecular weight excluding hydrogens is 311 g/mol. The van der Waals surface area contributed by atoms with E-state index in [2.05, 4.69) is 16.3 Å². The van der Waals surface area contributed by atoms with Gasteiger partial charge in [-0.25, -0.2) is 22.5 Å². The highest BCUT2D eigenvalue weighted by Gasteiger charge is 2.09. The smallest absolute Gasteiger partial charge is 0.215 e. The molecule has 0 radical (unpaired) electrons. The van der Waals surface area contributed by atoms with Gasteiger partial charge in [0, 0.05) is 23.9 Å². The van der Waals surface area contributed by atoms with Gasteiger partial charge >= 0.3 is 0 Å². The second-order valence-electron chi connectivity index (χ2n) is 4.37. The van der Waals surface area contributed by atoms with E-state index in [1.54, 1.807) is 12.1 Å². The molecule has 0 bridgehead atoms. The third-order valence-electron chi connectivity index (χ3n) is 2.66. The van der Waals surface area contributed by atoms with E-state index < -0.39 is 10.0 Å². The fourth-order valence-electron chi connectivity index (χ4n) is 1.72. The number of hydrogen-bond donors (Lipinski definition) is 1. The van der Waals surface area contributed by atoms with Crippen LogP contribution in [0.4, 0.5) is 4.39 Å². The van der Waals surface area contributed by atoms with Crippen LogP contribution in [-0.4, -0.2) is 25.7 Å². The van der Waals surface area contributed by atoms with Gasteiger partial charge in [-0.2, -0.15) is 0 Å². The molecule has 0 unspecified atom stereocenters. The Bertz CT molecular complexity index is 726. The van der Waals surface area contributed by atoms with Crippen molar-refractivity contribution in [2.24, 2.45) is 0 Å². The Morgan fingerprint density at radius 3 is 2.95 bits per heavy atom. The van der Waals surface area contributed by atoms with Gasteiger partial charge in [-0.15, -0.1) is 17.9 Å².